The molecule has 1 amide bonds. The van der Waals surface area contributed by atoms with Gasteiger partial charge in [-0.25, -0.2) is 0 Å². The number of fused-ring (bicyclic) bond motifs is 1. The van der Waals surface area contributed by atoms with Crippen molar-refractivity contribution in [1.29, 1.82) is 0 Å². The predicted molar refractivity (Wildman–Crippen MR) is 73.6 cm³/mol. The summed E-state index contributed by atoms with van der Waals surface area (Å²) >= 11 is 0. The van der Waals surface area contributed by atoms with Crippen LogP contribution in [0.1, 0.15) is 51.4 Å². The first-order chi connectivity index (χ1) is 9.25. The van der Waals surface area contributed by atoms with Crippen molar-refractivity contribution in [3.8, 4) is 0 Å². The van der Waals surface area contributed by atoms with E-state index in [9.17, 15) is 4.79 Å². The Balaban J connectivity index is 1.41. The summed E-state index contributed by atoms with van der Waals surface area (Å²) in [7, 11) is 0. The van der Waals surface area contributed by atoms with Gasteiger partial charge in [0.05, 0.1) is 12.1 Å². The molecule has 108 valence electrons. The van der Waals surface area contributed by atoms with E-state index in [0.717, 1.165) is 31.8 Å². The molecule has 3 N–H and O–H groups in total. The average molecular weight is 266 g/mol. The molecule has 1 saturated heterocycles. The van der Waals surface area contributed by atoms with Crippen LogP contribution in [-0.4, -0.2) is 30.7 Å². The number of amides is 1. The Labute approximate surface area is 115 Å². The van der Waals surface area contributed by atoms with E-state index in [1.54, 1.807) is 0 Å². The molecule has 4 heteroatoms. The number of rotatable bonds is 4. The molecule has 0 radical (unpaired) electrons. The second-order valence-corrected chi connectivity index (χ2v) is 6.50. The van der Waals surface area contributed by atoms with Crippen molar-refractivity contribution in [2.75, 3.05) is 6.61 Å². The molecule has 0 aromatic heterocycles. The summed E-state index contributed by atoms with van der Waals surface area (Å²) in [4.78, 5) is 12.0. The summed E-state index contributed by atoms with van der Waals surface area (Å²) in [5.74, 6) is 1.41. The van der Waals surface area contributed by atoms with Gasteiger partial charge >= 0.3 is 0 Å². The molecule has 4 nitrogen and oxygen atoms in total. The normalized spacial score (nSPS) is 38.6. The van der Waals surface area contributed by atoms with E-state index in [1.165, 1.54) is 25.7 Å². The van der Waals surface area contributed by atoms with E-state index in [-0.39, 0.29) is 24.1 Å². The van der Waals surface area contributed by atoms with Gasteiger partial charge in [-0.15, -0.1) is 0 Å². The molecule has 0 bridgehead atoms. The molecule has 0 aromatic rings. The van der Waals surface area contributed by atoms with Crippen LogP contribution >= 0.6 is 0 Å². The number of carbonyl (C=O) groups excluding carboxylic acids is 1. The fourth-order valence-corrected chi connectivity index (χ4v) is 4.02. The number of carbonyl (C=O) groups is 1. The molecule has 0 aromatic carbocycles. The Morgan fingerprint density at radius 3 is 2.79 bits per heavy atom. The lowest BCUT2D eigenvalue weighted by atomic mass is 9.68. The average Bonchev–Trinajstić information content (AvgIpc) is 2.95. The monoisotopic (exact) mass is 266 g/mol. The van der Waals surface area contributed by atoms with Crippen LogP contribution in [0.2, 0.25) is 0 Å². The largest absolute Gasteiger partial charge is 0.376 e. The second kappa shape index (κ2) is 5.80. The molecule has 0 spiro atoms. The summed E-state index contributed by atoms with van der Waals surface area (Å²) in [5, 5.41) is 3.10. The van der Waals surface area contributed by atoms with Gasteiger partial charge in [-0.2, -0.15) is 0 Å². The Hall–Kier alpha value is -0.610. The van der Waals surface area contributed by atoms with Crippen molar-refractivity contribution in [2.45, 2.75) is 69.6 Å². The summed E-state index contributed by atoms with van der Waals surface area (Å²) in [6.45, 7) is 0.822. The fourth-order valence-electron chi connectivity index (χ4n) is 4.02. The van der Waals surface area contributed by atoms with Gasteiger partial charge in [-0.05, 0) is 25.2 Å². The number of ether oxygens (including phenoxy) is 1. The van der Waals surface area contributed by atoms with Gasteiger partial charge in [0.2, 0.25) is 5.91 Å². The zero-order chi connectivity index (χ0) is 13.2. The standard InChI is InChI=1S/C15H26N2O2/c16-13-11-6-3-9-19-15(11)14(13)17-12(18)8-7-10-4-1-2-5-10/h10-11,13-15H,1-9,16H2,(H,17,18). The Bertz CT molecular complexity index is 328. The second-order valence-electron chi connectivity index (χ2n) is 6.50. The molecule has 1 aliphatic heterocycles. The molecule has 2 saturated carbocycles. The van der Waals surface area contributed by atoms with Crippen LogP contribution in [0, 0.1) is 11.8 Å². The molecule has 3 rings (SSSR count). The van der Waals surface area contributed by atoms with E-state index < -0.39 is 0 Å². The third-order valence-corrected chi connectivity index (χ3v) is 5.26. The summed E-state index contributed by atoms with van der Waals surface area (Å²) in [6.07, 6.45) is 9.45. The minimum Gasteiger partial charge on any atom is -0.376 e. The topological polar surface area (TPSA) is 64.3 Å². The maximum absolute atomic E-state index is 12.0. The van der Waals surface area contributed by atoms with Crippen LogP contribution in [0.15, 0.2) is 0 Å². The highest BCUT2D eigenvalue weighted by Gasteiger charge is 2.50. The highest BCUT2D eigenvalue weighted by Crippen LogP contribution is 2.37. The predicted octanol–water partition coefficient (Wildman–Crippen LogP) is 1.58. The van der Waals surface area contributed by atoms with E-state index >= 15 is 0 Å². The molecular formula is C15H26N2O2. The first kappa shape index (κ1) is 13.4. The number of nitrogens with one attached hydrogen (secondary N) is 1. The van der Waals surface area contributed by atoms with Crippen LogP contribution in [0.5, 0.6) is 0 Å². The lowest BCUT2D eigenvalue weighted by Gasteiger charge is -2.52. The van der Waals surface area contributed by atoms with Gasteiger partial charge in [-0.3, -0.25) is 4.79 Å². The maximum atomic E-state index is 12.0. The number of hydrogen-bond acceptors (Lipinski definition) is 3. The van der Waals surface area contributed by atoms with Crippen LogP contribution in [-0.2, 0) is 9.53 Å². The van der Waals surface area contributed by atoms with E-state index in [0.29, 0.717) is 12.3 Å². The lowest BCUT2D eigenvalue weighted by molar-refractivity contribution is -0.139. The number of hydrogen-bond donors (Lipinski definition) is 2. The van der Waals surface area contributed by atoms with Gasteiger partial charge in [0.25, 0.3) is 0 Å². The quantitative estimate of drug-likeness (QED) is 0.812. The first-order valence-corrected chi connectivity index (χ1v) is 7.92. The maximum Gasteiger partial charge on any atom is 0.220 e. The van der Waals surface area contributed by atoms with Crippen molar-refractivity contribution >= 4 is 5.91 Å². The number of nitrogens with two attached hydrogens (primary N) is 1. The molecule has 3 fully saturated rings. The van der Waals surface area contributed by atoms with Gasteiger partial charge in [0.15, 0.2) is 0 Å². The molecule has 2 aliphatic carbocycles. The molecular weight excluding hydrogens is 240 g/mol. The van der Waals surface area contributed by atoms with Crippen LogP contribution in [0.25, 0.3) is 0 Å². The Morgan fingerprint density at radius 1 is 1.21 bits per heavy atom. The van der Waals surface area contributed by atoms with Crippen LogP contribution in [0.3, 0.4) is 0 Å². The zero-order valence-corrected chi connectivity index (χ0v) is 11.6. The third kappa shape index (κ3) is 2.79. The first-order valence-electron chi connectivity index (χ1n) is 7.92. The molecule has 19 heavy (non-hydrogen) atoms. The van der Waals surface area contributed by atoms with Gasteiger partial charge in [0.1, 0.15) is 0 Å². The minimum absolute atomic E-state index is 0.0568. The van der Waals surface area contributed by atoms with Crippen molar-refractivity contribution in [2.24, 2.45) is 17.6 Å². The van der Waals surface area contributed by atoms with E-state index in [4.69, 9.17) is 10.5 Å². The smallest absolute Gasteiger partial charge is 0.220 e. The SMILES string of the molecule is NC1C2CCCOC2C1NC(=O)CCC1CCCC1. The minimum atomic E-state index is 0.0568. The lowest BCUT2D eigenvalue weighted by Crippen LogP contribution is -2.72. The zero-order valence-electron chi connectivity index (χ0n) is 11.6. The Kier molecular flexibility index (Phi) is 4.08. The van der Waals surface area contributed by atoms with Crippen molar-refractivity contribution in [3.63, 3.8) is 0 Å². The van der Waals surface area contributed by atoms with Crippen molar-refractivity contribution < 1.29 is 9.53 Å². The molecule has 3 aliphatic rings. The van der Waals surface area contributed by atoms with Gasteiger partial charge in [-0.1, -0.05) is 25.7 Å². The summed E-state index contributed by atoms with van der Waals surface area (Å²) in [6, 6.07) is 0.155. The van der Waals surface area contributed by atoms with Gasteiger partial charge < -0.3 is 15.8 Å². The third-order valence-electron chi connectivity index (χ3n) is 5.26. The van der Waals surface area contributed by atoms with Crippen molar-refractivity contribution in [3.05, 3.63) is 0 Å². The highest BCUT2D eigenvalue weighted by molar-refractivity contribution is 5.76. The van der Waals surface area contributed by atoms with Crippen molar-refractivity contribution in [1.82, 2.24) is 5.32 Å². The van der Waals surface area contributed by atoms with Crippen LogP contribution in [0.4, 0.5) is 0 Å². The molecule has 4 unspecified atom stereocenters. The summed E-state index contributed by atoms with van der Waals surface area (Å²) in [5.41, 5.74) is 6.15. The van der Waals surface area contributed by atoms with E-state index in [2.05, 4.69) is 5.32 Å². The summed E-state index contributed by atoms with van der Waals surface area (Å²) < 4.78 is 5.74. The van der Waals surface area contributed by atoms with Crippen LogP contribution < -0.4 is 11.1 Å². The fraction of sp³-hybridized carbons (Fsp3) is 0.933. The molecule has 1 heterocycles. The van der Waals surface area contributed by atoms with Gasteiger partial charge in [0, 0.05) is 25.0 Å². The van der Waals surface area contributed by atoms with E-state index in [1.807, 2.05) is 0 Å². The Morgan fingerprint density at radius 2 is 2.00 bits per heavy atom. The molecule has 4 atom stereocenters. The highest BCUT2D eigenvalue weighted by atomic mass is 16.5.